The van der Waals surface area contributed by atoms with Crippen molar-refractivity contribution in [1.29, 1.82) is 5.26 Å². The smallest absolute Gasteiger partial charge is 0.407 e. The molecule has 0 unspecified atom stereocenters. The zero-order valence-corrected chi connectivity index (χ0v) is 22.7. The first-order valence-electron chi connectivity index (χ1n) is 11.6. The Labute approximate surface area is 236 Å². The fraction of sp³-hybridized carbons (Fsp3) is 0.115. The van der Waals surface area contributed by atoms with E-state index in [9.17, 15) is 44.3 Å². The predicted molar refractivity (Wildman–Crippen MR) is 142 cm³/mol. The van der Waals surface area contributed by atoms with Gasteiger partial charge in [0.15, 0.2) is 5.82 Å². The lowest BCUT2D eigenvalue weighted by atomic mass is 10.1. The van der Waals surface area contributed by atoms with Crippen LogP contribution in [0.3, 0.4) is 0 Å². The highest BCUT2D eigenvalue weighted by Gasteiger charge is 2.39. The second kappa shape index (κ2) is 11.3. The molecule has 4 rings (SSSR count). The molecule has 42 heavy (non-hydrogen) atoms. The fourth-order valence-electron chi connectivity index (χ4n) is 3.98. The number of aromatic nitrogens is 1. The van der Waals surface area contributed by atoms with Gasteiger partial charge in [-0.15, -0.1) is 0 Å². The van der Waals surface area contributed by atoms with Gasteiger partial charge in [-0.3, -0.25) is 9.10 Å². The van der Waals surface area contributed by atoms with Crippen LogP contribution in [0.15, 0.2) is 88.8 Å². The number of sulfonamides is 2. The van der Waals surface area contributed by atoms with E-state index in [0.717, 1.165) is 36.4 Å². The van der Waals surface area contributed by atoms with Gasteiger partial charge in [0.05, 0.1) is 33.3 Å². The highest BCUT2D eigenvalue weighted by atomic mass is 32.2. The van der Waals surface area contributed by atoms with Crippen molar-refractivity contribution in [3.8, 4) is 6.07 Å². The lowest BCUT2D eigenvalue weighted by molar-refractivity contribution is -0.135. The molecule has 218 valence electrons. The van der Waals surface area contributed by atoms with Crippen molar-refractivity contribution < 1.29 is 44.3 Å². The number of fused-ring (bicyclic) bond motifs is 1. The van der Waals surface area contributed by atoms with Gasteiger partial charge in [-0.1, -0.05) is 24.3 Å². The number of carboxylic acids is 1. The maximum Gasteiger partial charge on any atom is 0.407 e. The molecule has 0 atom stereocenters. The van der Waals surface area contributed by atoms with Crippen molar-refractivity contribution in [3.63, 3.8) is 0 Å². The number of halogens is 4. The van der Waals surface area contributed by atoms with Gasteiger partial charge in [-0.2, -0.15) is 18.4 Å². The molecule has 10 nitrogen and oxygen atoms in total. The van der Waals surface area contributed by atoms with Crippen LogP contribution < -0.4 is 8.61 Å². The normalized spacial score (nSPS) is 12.1. The molecule has 1 N–H and O–H groups in total. The molecule has 0 amide bonds. The summed E-state index contributed by atoms with van der Waals surface area (Å²) in [6.45, 7) is -3.17. The van der Waals surface area contributed by atoms with Gasteiger partial charge in [0.25, 0.3) is 20.0 Å². The van der Waals surface area contributed by atoms with Gasteiger partial charge in [-0.05, 0) is 48.5 Å². The summed E-state index contributed by atoms with van der Waals surface area (Å²) in [4.78, 5) is 14.6. The monoisotopic (exact) mass is 622 g/mol. The van der Waals surface area contributed by atoms with E-state index in [4.69, 9.17) is 5.26 Å². The average Bonchev–Trinajstić information content (AvgIpc) is 2.94. The van der Waals surface area contributed by atoms with Gasteiger partial charge < -0.3 is 5.11 Å². The van der Waals surface area contributed by atoms with Crippen molar-refractivity contribution in [2.24, 2.45) is 0 Å². The van der Waals surface area contributed by atoms with Gasteiger partial charge in [0.2, 0.25) is 0 Å². The van der Waals surface area contributed by atoms with Gasteiger partial charge >= 0.3 is 12.1 Å². The summed E-state index contributed by atoms with van der Waals surface area (Å²) in [6, 6.07) is 14.6. The number of nitriles is 1. The van der Waals surface area contributed by atoms with Gasteiger partial charge in [0.1, 0.15) is 18.9 Å². The van der Waals surface area contributed by atoms with Crippen molar-refractivity contribution in [1.82, 2.24) is 4.98 Å². The molecule has 0 aliphatic heterocycles. The molecule has 16 heteroatoms. The lowest BCUT2D eigenvalue weighted by Gasteiger charge is -2.28. The van der Waals surface area contributed by atoms with E-state index in [0.29, 0.717) is 10.5 Å². The number of pyridine rings is 1. The zero-order chi connectivity index (χ0) is 30.9. The quantitative estimate of drug-likeness (QED) is 0.272. The van der Waals surface area contributed by atoms with Crippen LogP contribution in [0.25, 0.3) is 10.8 Å². The molecule has 0 fully saturated rings. The van der Waals surface area contributed by atoms with Crippen molar-refractivity contribution in [2.75, 3.05) is 21.7 Å². The molecule has 3 aromatic carbocycles. The third-order valence-electron chi connectivity index (χ3n) is 5.83. The van der Waals surface area contributed by atoms with Crippen molar-refractivity contribution in [3.05, 3.63) is 90.4 Å². The number of nitrogens with zero attached hydrogens (tertiary/aromatic N) is 4. The van der Waals surface area contributed by atoms with Crippen LogP contribution in [0.2, 0.25) is 0 Å². The first-order chi connectivity index (χ1) is 19.6. The molecule has 0 radical (unpaired) electrons. The summed E-state index contributed by atoms with van der Waals surface area (Å²) in [7, 11) is -9.64. The molecular weight excluding hydrogens is 604 g/mol. The zero-order valence-electron chi connectivity index (χ0n) is 21.0. The first kappa shape index (κ1) is 30.2. The number of aliphatic carboxylic acids is 1. The van der Waals surface area contributed by atoms with Crippen molar-refractivity contribution >= 4 is 48.3 Å². The van der Waals surface area contributed by atoms with E-state index >= 15 is 0 Å². The summed E-state index contributed by atoms with van der Waals surface area (Å²) in [6.07, 6.45) is -4.37. The number of alkyl halides is 3. The molecule has 0 bridgehead atoms. The number of rotatable bonds is 9. The summed E-state index contributed by atoms with van der Waals surface area (Å²) in [5.41, 5.74) is -0.471. The van der Waals surface area contributed by atoms with E-state index in [1.807, 2.05) is 6.07 Å². The van der Waals surface area contributed by atoms with E-state index < -0.39 is 72.4 Å². The minimum atomic E-state index is -5.05. The molecular formula is C26H18F4N4O6S2. The number of carboxylic acid groups (broad SMARTS) is 1. The Morgan fingerprint density at radius 2 is 1.38 bits per heavy atom. The second-order valence-corrected chi connectivity index (χ2v) is 12.4. The Morgan fingerprint density at radius 3 is 1.90 bits per heavy atom. The molecule has 0 aliphatic rings. The highest BCUT2D eigenvalue weighted by molar-refractivity contribution is 7.93. The van der Waals surface area contributed by atoms with Crippen LogP contribution in [0.5, 0.6) is 0 Å². The minimum Gasteiger partial charge on any atom is -0.480 e. The largest absolute Gasteiger partial charge is 0.480 e. The lowest BCUT2D eigenvalue weighted by Crippen LogP contribution is -2.39. The predicted octanol–water partition coefficient (Wildman–Crippen LogP) is 4.28. The van der Waals surface area contributed by atoms with Crippen LogP contribution in [0, 0.1) is 17.1 Å². The Bertz CT molecular complexity index is 1910. The molecule has 4 aromatic rings. The van der Waals surface area contributed by atoms with Crippen molar-refractivity contribution in [2.45, 2.75) is 16.0 Å². The Balaban J connectivity index is 1.95. The Morgan fingerprint density at radius 1 is 0.857 bits per heavy atom. The minimum absolute atomic E-state index is 0.00992. The number of carbonyl (C=O) groups is 1. The number of hydrogen-bond donors (Lipinski definition) is 1. The summed E-state index contributed by atoms with van der Waals surface area (Å²) in [5, 5.41) is 18.1. The van der Waals surface area contributed by atoms with E-state index in [1.165, 1.54) is 36.4 Å². The maximum atomic E-state index is 13.7. The topological polar surface area (TPSA) is 149 Å². The average molecular weight is 623 g/mol. The van der Waals surface area contributed by atoms with E-state index in [-0.39, 0.29) is 20.6 Å². The van der Waals surface area contributed by atoms with E-state index in [1.54, 1.807) is 0 Å². The Hall–Kier alpha value is -4.75. The number of benzene rings is 3. The summed E-state index contributed by atoms with van der Waals surface area (Å²) >= 11 is 0. The number of hydrogen-bond acceptors (Lipinski definition) is 7. The van der Waals surface area contributed by atoms with Crippen LogP contribution in [0.1, 0.15) is 5.56 Å². The van der Waals surface area contributed by atoms with Crippen LogP contribution in [-0.4, -0.2) is 52.2 Å². The maximum absolute atomic E-state index is 13.7. The third-order valence-corrected chi connectivity index (χ3v) is 9.36. The molecule has 0 spiro atoms. The molecule has 0 saturated carbocycles. The van der Waals surface area contributed by atoms with Gasteiger partial charge in [-0.25, -0.2) is 30.5 Å². The summed E-state index contributed by atoms with van der Waals surface area (Å²) in [5.74, 6) is -2.93. The highest BCUT2D eigenvalue weighted by Crippen LogP contribution is 2.38. The van der Waals surface area contributed by atoms with E-state index in [2.05, 4.69) is 4.98 Å². The fourth-order valence-corrected chi connectivity index (χ4v) is 6.83. The molecule has 0 saturated heterocycles. The summed E-state index contributed by atoms with van der Waals surface area (Å²) < 4.78 is 109. The molecule has 1 aromatic heterocycles. The SMILES string of the molecule is N#Cc1ccc(S(=O)(=O)N(CC(=O)O)c2ncc(N(CC(F)(F)F)S(=O)(=O)c3ccc(F)cc3)c3ccccc23)cc1. The van der Waals surface area contributed by atoms with Crippen LogP contribution >= 0.6 is 0 Å². The molecule has 0 aliphatic carbocycles. The third kappa shape index (κ3) is 6.11. The number of anilines is 2. The Kier molecular flexibility index (Phi) is 8.10. The van der Waals surface area contributed by atoms with Crippen LogP contribution in [0.4, 0.5) is 29.1 Å². The molecule has 1 heterocycles. The standard InChI is InChI=1S/C26H18F4N4O6S2/c27-18-7-11-20(12-8-18)42(39,40)34(16-26(28,29)30)23-14-32-25(22-4-2-1-3-21(22)23)33(15-24(35)36)41(37,38)19-9-5-17(13-31)6-10-19/h1-12,14H,15-16H2,(H,35,36). The first-order valence-corrected chi connectivity index (χ1v) is 14.5. The van der Waals surface area contributed by atoms with Crippen LogP contribution in [-0.2, 0) is 24.8 Å². The van der Waals surface area contributed by atoms with Gasteiger partial charge in [0, 0.05) is 10.8 Å². The second-order valence-electron chi connectivity index (χ2n) is 8.64.